The number of carbonyl (C=O) groups excluding carboxylic acids is 3. The zero-order valence-electron chi connectivity index (χ0n) is 23.2. The van der Waals surface area contributed by atoms with Gasteiger partial charge in [-0.1, -0.05) is 39.8 Å². The van der Waals surface area contributed by atoms with Crippen molar-refractivity contribution in [3.63, 3.8) is 0 Å². The number of nitrogens with one attached hydrogen (secondary N) is 1. The molecular formula is C32H35FN2O4. The standard InChI is InChI=1S/C32H35FN2O4/c1-31(2)14-23-29(25(36)16-31)28(30-24(35(23)5)15-32(3,4)17-26(30)37)19-7-6-8-22(13-19)39-18-27(38)34-21-11-9-20(33)10-12-21/h6-13,28H,14-18H2,1-5H3,(H,34,38). The molecule has 7 heteroatoms. The van der Waals surface area contributed by atoms with E-state index in [2.05, 4.69) is 37.9 Å². The van der Waals surface area contributed by atoms with Crippen molar-refractivity contribution in [1.82, 2.24) is 4.90 Å². The van der Waals surface area contributed by atoms with Crippen LogP contribution in [0.3, 0.4) is 0 Å². The van der Waals surface area contributed by atoms with Crippen LogP contribution in [0, 0.1) is 16.6 Å². The number of nitrogens with zero attached hydrogens (tertiary/aromatic N) is 1. The molecule has 0 saturated carbocycles. The summed E-state index contributed by atoms with van der Waals surface area (Å²) in [7, 11) is 1.99. The summed E-state index contributed by atoms with van der Waals surface area (Å²) < 4.78 is 19.0. The first-order chi connectivity index (χ1) is 18.3. The van der Waals surface area contributed by atoms with Gasteiger partial charge in [-0.2, -0.15) is 0 Å². The Labute approximate surface area is 228 Å². The minimum atomic E-state index is -0.463. The predicted octanol–water partition coefficient (Wildman–Crippen LogP) is 6.16. The first-order valence-corrected chi connectivity index (χ1v) is 13.4. The summed E-state index contributed by atoms with van der Waals surface area (Å²) in [4.78, 5) is 41.8. The summed E-state index contributed by atoms with van der Waals surface area (Å²) >= 11 is 0. The van der Waals surface area contributed by atoms with Crippen LogP contribution in [0.15, 0.2) is 71.1 Å². The lowest BCUT2D eigenvalue weighted by Crippen LogP contribution is -2.43. The van der Waals surface area contributed by atoms with Crippen molar-refractivity contribution in [3.8, 4) is 5.75 Å². The Balaban J connectivity index is 1.47. The number of carbonyl (C=O) groups is 3. The van der Waals surface area contributed by atoms with E-state index in [1.54, 1.807) is 6.07 Å². The number of amides is 1. The first-order valence-electron chi connectivity index (χ1n) is 13.4. The third-order valence-corrected chi connectivity index (χ3v) is 7.87. The second kappa shape index (κ2) is 9.78. The van der Waals surface area contributed by atoms with E-state index >= 15 is 0 Å². The molecule has 0 spiro atoms. The zero-order valence-corrected chi connectivity index (χ0v) is 23.2. The Morgan fingerprint density at radius 3 is 2.05 bits per heavy atom. The van der Waals surface area contributed by atoms with Crippen LogP contribution in [0.5, 0.6) is 5.75 Å². The molecule has 0 radical (unpaired) electrons. The van der Waals surface area contributed by atoms with Crippen LogP contribution < -0.4 is 10.1 Å². The minimum Gasteiger partial charge on any atom is -0.484 e. The smallest absolute Gasteiger partial charge is 0.262 e. The number of hydrogen-bond donors (Lipinski definition) is 1. The van der Waals surface area contributed by atoms with E-state index < -0.39 is 5.92 Å². The quantitative estimate of drug-likeness (QED) is 0.501. The van der Waals surface area contributed by atoms with Gasteiger partial charge in [0.05, 0.1) is 0 Å². The average molecular weight is 531 g/mol. The molecule has 2 aliphatic carbocycles. The molecular weight excluding hydrogens is 495 g/mol. The van der Waals surface area contributed by atoms with Gasteiger partial charge < -0.3 is 15.0 Å². The van der Waals surface area contributed by atoms with E-state index in [0.29, 0.717) is 35.4 Å². The molecule has 0 fully saturated rings. The highest BCUT2D eigenvalue weighted by Gasteiger charge is 2.48. The van der Waals surface area contributed by atoms with Gasteiger partial charge in [0.1, 0.15) is 11.6 Å². The molecule has 0 saturated heterocycles. The SMILES string of the molecule is CN1C2=C(C(=O)CC(C)(C)C2)C(c2cccc(OCC(=O)Nc3ccc(F)cc3)c2)C2=C1CC(C)(C)CC2=O. The van der Waals surface area contributed by atoms with Crippen LogP contribution in [-0.2, 0) is 14.4 Å². The van der Waals surface area contributed by atoms with Crippen molar-refractivity contribution in [2.45, 2.75) is 59.3 Å². The number of ketones is 2. The van der Waals surface area contributed by atoms with Gasteiger partial charge in [0.25, 0.3) is 5.91 Å². The lowest BCUT2D eigenvalue weighted by Gasteiger charge is -2.47. The Morgan fingerprint density at radius 1 is 0.923 bits per heavy atom. The topological polar surface area (TPSA) is 75.7 Å². The molecule has 1 N–H and O–H groups in total. The van der Waals surface area contributed by atoms with Crippen LogP contribution >= 0.6 is 0 Å². The average Bonchev–Trinajstić information content (AvgIpc) is 2.84. The zero-order chi connectivity index (χ0) is 28.1. The van der Waals surface area contributed by atoms with E-state index in [1.807, 2.05) is 25.2 Å². The van der Waals surface area contributed by atoms with Gasteiger partial charge in [0.15, 0.2) is 18.2 Å². The van der Waals surface area contributed by atoms with Gasteiger partial charge in [-0.3, -0.25) is 14.4 Å². The first kappa shape index (κ1) is 26.9. The molecule has 2 aromatic rings. The monoisotopic (exact) mass is 530 g/mol. The van der Waals surface area contributed by atoms with Crippen molar-refractivity contribution in [3.05, 3.63) is 82.5 Å². The Bertz CT molecular complexity index is 1360. The molecule has 0 bridgehead atoms. The van der Waals surface area contributed by atoms with Crippen LogP contribution in [0.2, 0.25) is 0 Å². The van der Waals surface area contributed by atoms with Gasteiger partial charge in [-0.15, -0.1) is 0 Å². The summed E-state index contributed by atoms with van der Waals surface area (Å²) in [5.74, 6) is -0.603. The molecule has 1 aliphatic heterocycles. The van der Waals surface area contributed by atoms with Crippen molar-refractivity contribution >= 4 is 23.2 Å². The highest BCUT2D eigenvalue weighted by molar-refractivity contribution is 6.06. The maximum Gasteiger partial charge on any atom is 0.262 e. The molecule has 0 atom stereocenters. The molecule has 0 unspecified atom stereocenters. The van der Waals surface area contributed by atoms with Crippen molar-refractivity contribution in [2.24, 2.45) is 10.8 Å². The molecule has 0 aromatic heterocycles. The van der Waals surface area contributed by atoms with Crippen molar-refractivity contribution in [2.75, 3.05) is 19.0 Å². The van der Waals surface area contributed by atoms with Gasteiger partial charge in [-0.25, -0.2) is 4.39 Å². The highest BCUT2D eigenvalue weighted by atomic mass is 19.1. The number of Topliss-reactive ketones (excluding diaryl/α,β-unsaturated/α-hetero) is 2. The van der Waals surface area contributed by atoms with Gasteiger partial charge >= 0.3 is 0 Å². The fourth-order valence-electron chi connectivity index (χ4n) is 6.16. The Morgan fingerprint density at radius 2 is 1.49 bits per heavy atom. The van der Waals surface area contributed by atoms with E-state index in [9.17, 15) is 18.8 Å². The third kappa shape index (κ3) is 5.40. The number of halogens is 1. The number of ether oxygens (including phenoxy) is 1. The molecule has 5 rings (SSSR count). The van der Waals surface area contributed by atoms with E-state index in [1.165, 1.54) is 24.3 Å². The Hall–Kier alpha value is -3.74. The summed E-state index contributed by atoms with van der Waals surface area (Å²) in [5, 5.41) is 2.68. The van der Waals surface area contributed by atoms with E-state index in [0.717, 1.165) is 29.8 Å². The van der Waals surface area contributed by atoms with Crippen LogP contribution in [0.4, 0.5) is 10.1 Å². The summed E-state index contributed by atoms with van der Waals surface area (Å²) in [5.41, 5.74) is 4.35. The predicted molar refractivity (Wildman–Crippen MR) is 148 cm³/mol. The fraction of sp³-hybridized carbons (Fsp3) is 0.406. The second-order valence-electron chi connectivity index (χ2n) is 12.5. The number of hydrogen-bond acceptors (Lipinski definition) is 5. The van der Waals surface area contributed by atoms with Crippen molar-refractivity contribution in [1.29, 1.82) is 0 Å². The largest absolute Gasteiger partial charge is 0.484 e. The number of benzene rings is 2. The summed E-state index contributed by atoms with van der Waals surface area (Å²) in [6, 6.07) is 12.9. The lowest BCUT2D eigenvalue weighted by molar-refractivity contribution is -0.120. The van der Waals surface area contributed by atoms with E-state index in [-0.39, 0.29) is 40.7 Å². The molecule has 1 amide bonds. The molecule has 6 nitrogen and oxygen atoms in total. The molecule has 1 heterocycles. The maximum atomic E-state index is 13.7. The number of anilines is 1. The maximum absolute atomic E-state index is 13.7. The second-order valence-corrected chi connectivity index (χ2v) is 12.5. The fourth-order valence-corrected chi connectivity index (χ4v) is 6.16. The van der Waals surface area contributed by atoms with E-state index in [4.69, 9.17) is 4.74 Å². The van der Waals surface area contributed by atoms with Gasteiger partial charge in [-0.05, 0) is 65.6 Å². The van der Waals surface area contributed by atoms with Crippen molar-refractivity contribution < 1.29 is 23.5 Å². The number of rotatable bonds is 5. The summed E-state index contributed by atoms with van der Waals surface area (Å²) in [6.07, 6.45) is 2.37. The number of allylic oxidation sites excluding steroid dienone is 4. The van der Waals surface area contributed by atoms with Crippen LogP contribution in [-0.4, -0.2) is 36.0 Å². The summed E-state index contributed by atoms with van der Waals surface area (Å²) in [6.45, 7) is 8.22. The molecule has 204 valence electrons. The molecule has 39 heavy (non-hydrogen) atoms. The van der Waals surface area contributed by atoms with Crippen LogP contribution in [0.1, 0.15) is 64.9 Å². The highest BCUT2D eigenvalue weighted by Crippen LogP contribution is 2.54. The van der Waals surface area contributed by atoms with Crippen LogP contribution in [0.25, 0.3) is 0 Å². The molecule has 2 aromatic carbocycles. The van der Waals surface area contributed by atoms with Gasteiger partial charge in [0, 0.05) is 54.0 Å². The minimum absolute atomic E-state index is 0.0762. The Kier molecular flexibility index (Phi) is 6.73. The normalized spacial score (nSPS) is 20.5. The molecule has 3 aliphatic rings. The lowest BCUT2D eigenvalue weighted by atomic mass is 9.64. The third-order valence-electron chi connectivity index (χ3n) is 7.87. The van der Waals surface area contributed by atoms with Gasteiger partial charge in [0.2, 0.25) is 0 Å².